The number of hydrogen-bond donors (Lipinski definition) is 2. The number of hydrogen-bond acceptors (Lipinski definition) is 3. The molecule has 0 aliphatic carbocycles. The summed E-state index contributed by atoms with van der Waals surface area (Å²) in [4.78, 5) is 13.9. The zero-order valence-corrected chi connectivity index (χ0v) is 13.3. The highest BCUT2D eigenvalue weighted by molar-refractivity contribution is 5.75. The molecule has 2 unspecified atom stereocenters. The number of carboxylic acids is 1. The third-order valence-electron chi connectivity index (χ3n) is 5.04. The quantitative estimate of drug-likeness (QED) is 0.894. The standard InChI is InChI=1S/C17H25NO3/c1-11(2)17(16(20)21)7-8-18(10-17)13(4)14-9-12(3)5-6-15(14)19/h5-6,9,11,13,19H,7-8,10H2,1-4H3,(H,20,21). The molecule has 0 saturated carbocycles. The van der Waals surface area contributed by atoms with E-state index in [9.17, 15) is 15.0 Å². The van der Waals surface area contributed by atoms with Gasteiger partial charge in [-0.15, -0.1) is 0 Å². The zero-order valence-electron chi connectivity index (χ0n) is 13.3. The predicted octanol–water partition coefficient (Wildman–Crippen LogP) is 3.19. The molecule has 0 aromatic heterocycles. The Balaban J connectivity index is 2.24. The summed E-state index contributed by atoms with van der Waals surface area (Å²) < 4.78 is 0. The zero-order chi connectivity index (χ0) is 15.8. The summed E-state index contributed by atoms with van der Waals surface area (Å²) in [6, 6.07) is 5.59. The maximum atomic E-state index is 11.7. The minimum Gasteiger partial charge on any atom is -0.508 e. The molecule has 0 spiro atoms. The van der Waals surface area contributed by atoms with Crippen LogP contribution in [0, 0.1) is 18.3 Å². The molecule has 0 amide bonds. The first kappa shape index (κ1) is 15.8. The van der Waals surface area contributed by atoms with E-state index < -0.39 is 11.4 Å². The highest BCUT2D eigenvalue weighted by Crippen LogP contribution is 2.42. The molecular weight excluding hydrogens is 266 g/mol. The molecule has 1 saturated heterocycles. The van der Waals surface area contributed by atoms with Crippen molar-refractivity contribution >= 4 is 5.97 Å². The van der Waals surface area contributed by atoms with Crippen LogP contribution in [0.3, 0.4) is 0 Å². The summed E-state index contributed by atoms with van der Waals surface area (Å²) in [6.07, 6.45) is 0.664. The van der Waals surface area contributed by atoms with Gasteiger partial charge in [0.15, 0.2) is 0 Å². The van der Waals surface area contributed by atoms with Crippen molar-refractivity contribution in [1.82, 2.24) is 4.90 Å². The van der Waals surface area contributed by atoms with Crippen molar-refractivity contribution in [3.05, 3.63) is 29.3 Å². The molecular formula is C17H25NO3. The molecule has 4 nitrogen and oxygen atoms in total. The topological polar surface area (TPSA) is 60.8 Å². The Morgan fingerprint density at radius 3 is 2.52 bits per heavy atom. The number of benzene rings is 1. The van der Waals surface area contributed by atoms with Gasteiger partial charge in [-0.1, -0.05) is 31.5 Å². The van der Waals surface area contributed by atoms with Gasteiger partial charge in [0.2, 0.25) is 0 Å². The number of aryl methyl sites for hydroxylation is 1. The van der Waals surface area contributed by atoms with Gasteiger partial charge in [-0.2, -0.15) is 0 Å². The first-order chi connectivity index (χ1) is 9.78. The first-order valence-corrected chi connectivity index (χ1v) is 7.55. The molecule has 2 atom stereocenters. The maximum Gasteiger partial charge on any atom is 0.311 e. The number of aliphatic carboxylic acids is 1. The Morgan fingerprint density at radius 2 is 2.00 bits per heavy atom. The molecule has 4 heteroatoms. The number of rotatable bonds is 4. The van der Waals surface area contributed by atoms with Gasteiger partial charge in [0, 0.05) is 18.2 Å². The highest BCUT2D eigenvalue weighted by atomic mass is 16.4. The molecule has 1 aromatic rings. The van der Waals surface area contributed by atoms with Gasteiger partial charge in [0.1, 0.15) is 5.75 Å². The summed E-state index contributed by atoms with van der Waals surface area (Å²) in [6.45, 7) is 9.27. The van der Waals surface area contributed by atoms with Crippen LogP contribution in [0.5, 0.6) is 5.75 Å². The molecule has 0 bridgehead atoms. The van der Waals surface area contributed by atoms with Crippen LogP contribution in [0.2, 0.25) is 0 Å². The summed E-state index contributed by atoms with van der Waals surface area (Å²) in [5.41, 5.74) is 1.30. The number of likely N-dealkylation sites (tertiary alicyclic amines) is 1. The van der Waals surface area contributed by atoms with Gasteiger partial charge in [-0.3, -0.25) is 9.69 Å². The van der Waals surface area contributed by atoms with Crippen molar-refractivity contribution in [2.45, 2.75) is 40.2 Å². The lowest BCUT2D eigenvalue weighted by atomic mass is 9.76. The largest absolute Gasteiger partial charge is 0.508 e. The minimum atomic E-state index is -0.708. The Hall–Kier alpha value is -1.55. The number of carbonyl (C=O) groups is 1. The molecule has 1 fully saturated rings. The van der Waals surface area contributed by atoms with Crippen molar-refractivity contribution in [1.29, 1.82) is 0 Å². The second-order valence-corrected chi connectivity index (χ2v) is 6.57. The van der Waals surface area contributed by atoms with Crippen LogP contribution >= 0.6 is 0 Å². The SMILES string of the molecule is Cc1ccc(O)c(C(C)N2CCC(C(=O)O)(C(C)C)C2)c1. The van der Waals surface area contributed by atoms with E-state index in [1.165, 1.54) is 0 Å². The highest BCUT2D eigenvalue weighted by Gasteiger charge is 2.48. The lowest BCUT2D eigenvalue weighted by Crippen LogP contribution is -2.39. The Labute approximate surface area is 126 Å². The average molecular weight is 291 g/mol. The van der Waals surface area contributed by atoms with Crippen LogP contribution in [0.25, 0.3) is 0 Å². The van der Waals surface area contributed by atoms with E-state index in [0.29, 0.717) is 13.0 Å². The maximum absolute atomic E-state index is 11.7. The Morgan fingerprint density at radius 1 is 1.33 bits per heavy atom. The third-order valence-corrected chi connectivity index (χ3v) is 5.04. The van der Waals surface area contributed by atoms with Gasteiger partial charge in [0.05, 0.1) is 5.41 Å². The molecule has 1 heterocycles. The number of aromatic hydroxyl groups is 1. The Bertz CT molecular complexity index is 541. The van der Waals surface area contributed by atoms with Gasteiger partial charge in [-0.05, 0) is 38.8 Å². The van der Waals surface area contributed by atoms with Crippen molar-refractivity contribution in [3.63, 3.8) is 0 Å². The smallest absolute Gasteiger partial charge is 0.311 e. The number of phenols is 1. The van der Waals surface area contributed by atoms with Gasteiger partial charge < -0.3 is 10.2 Å². The predicted molar refractivity (Wildman–Crippen MR) is 82.4 cm³/mol. The van der Waals surface area contributed by atoms with Crippen LogP contribution in [0.1, 0.15) is 44.4 Å². The van der Waals surface area contributed by atoms with Crippen LogP contribution in [0.4, 0.5) is 0 Å². The summed E-state index contributed by atoms with van der Waals surface area (Å²) in [7, 11) is 0. The molecule has 1 aliphatic rings. The molecule has 1 aliphatic heterocycles. The number of nitrogens with zero attached hydrogens (tertiary/aromatic N) is 1. The lowest BCUT2D eigenvalue weighted by Gasteiger charge is -2.31. The van der Waals surface area contributed by atoms with E-state index in [1.807, 2.05) is 39.8 Å². The van der Waals surface area contributed by atoms with Crippen molar-refractivity contribution in [2.75, 3.05) is 13.1 Å². The normalized spacial score (nSPS) is 24.4. The van der Waals surface area contributed by atoms with E-state index in [-0.39, 0.29) is 17.7 Å². The minimum absolute atomic E-state index is 0.0184. The fourth-order valence-electron chi connectivity index (χ4n) is 3.29. The monoisotopic (exact) mass is 291 g/mol. The molecule has 2 N–H and O–H groups in total. The molecule has 21 heavy (non-hydrogen) atoms. The molecule has 116 valence electrons. The molecule has 0 radical (unpaired) electrons. The number of carboxylic acid groups (broad SMARTS) is 1. The average Bonchev–Trinajstić information content (AvgIpc) is 2.87. The summed E-state index contributed by atoms with van der Waals surface area (Å²) >= 11 is 0. The van der Waals surface area contributed by atoms with E-state index in [4.69, 9.17) is 0 Å². The second kappa shape index (κ2) is 5.68. The van der Waals surface area contributed by atoms with Crippen molar-refractivity contribution < 1.29 is 15.0 Å². The second-order valence-electron chi connectivity index (χ2n) is 6.57. The van der Waals surface area contributed by atoms with Crippen LogP contribution < -0.4 is 0 Å². The van der Waals surface area contributed by atoms with Gasteiger partial charge in [-0.25, -0.2) is 0 Å². The first-order valence-electron chi connectivity index (χ1n) is 7.55. The fourth-order valence-corrected chi connectivity index (χ4v) is 3.29. The molecule has 1 aromatic carbocycles. The van der Waals surface area contributed by atoms with Crippen LogP contribution in [-0.4, -0.2) is 34.2 Å². The lowest BCUT2D eigenvalue weighted by molar-refractivity contribution is -0.151. The molecule has 2 rings (SSSR count). The van der Waals surface area contributed by atoms with E-state index in [0.717, 1.165) is 17.7 Å². The number of phenolic OH excluding ortho intramolecular Hbond substituents is 1. The van der Waals surface area contributed by atoms with Gasteiger partial charge >= 0.3 is 5.97 Å². The van der Waals surface area contributed by atoms with E-state index >= 15 is 0 Å². The summed E-state index contributed by atoms with van der Waals surface area (Å²) in [5.74, 6) is -0.329. The van der Waals surface area contributed by atoms with E-state index in [2.05, 4.69) is 4.90 Å². The van der Waals surface area contributed by atoms with Crippen LogP contribution in [0.15, 0.2) is 18.2 Å². The van der Waals surface area contributed by atoms with Crippen molar-refractivity contribution in [3.8, 4) is 5.75 Å². The fraction of sp³-hybridized carbons (Fsp3) is 0.588. The summed E-state index contributed by atoms with van der Waals surface area (Å²) in [5, 5.41) is 19.7. The third kappa shape index (κ3) is 2.77. The van der Waals surface area contributed by atoms with E-state index in [1.54, 1.807) is 6.07 Å². The Kier molecular flexibility index (Phi) is 4.28. The van der Waals surface area contributed by atoms with Gasteiger partial charge in [0.25, 0.3) is 0 Å². The van der Waals surface area contributed by atoms with Crippen molar-refractivity contribution in [2.24, 2.45) is 11.3 Å². The van der Waals surface area contributed by atoms with Crippen LogP contribution in [-0.2, 0) is 4.79 Å².